The van der Waals surface area contributed by atoms with E-state index in [9.17, 15) is 9.18 Å². The van der Waals surface area contributed by atoms with E-state index >= 15 is 0 Å². The van der Waals surface area contributed by atoms with Gasteiger partial charge in [-0.2, -0.15) is 0 Å². The van der Waals surface area contributed by atoms with Gasteiger partial charge in [0.15, 0.2) is 0 Å². The van der Waals surface area contributed by atoms with Crippen molar-refractivity contribution in [3.8, 4) is 0 Å². The zero-order chi connectivity index (χ0) is 14.5. The molecule has 0 aromatic heterocycles. The van der Waals surface area contributed by atoms with Crippen molar-refractivity contribution in [2.45, 2.75) is 32.7 Å². The zero-order valence-electron chi connectivity index (χ0n) is 11.7. The second kappa shape index (κ2) is 6.52. The Morgan fingerprint density at radius 3 is 2.53 bits per heavy atom. The van der Waals surface area contributed by atoms with Crippen LogP contribution in [0.25, 0.3) is 0 Å². The molecule has 0 aliphatic heterocycles. The Morgan fingerprint density at radius 2 is 2.05 bits per heavy atom. The highest BCUT2D eigenvalue weighted by atomic mass is 19.1. The number of likely N-dealkylation sites (N-methyl/N-ethyl adjacent to an activating group) is 1. The Kier molecular flexibility index (Phi) is 5.30. The number of nitrogens with zero attached hydrogens (tertiary/aromatic N) is 1. The van der Waals surface area contributed by atoms with Gasteiger partial charge in [0.25, 0.3) is 0 Å². The minimum absolute atomic E-state index is 0.182. The van der Waals surface area contributed by atoms with E-state index in [1.54, 1.807) is 17.0 Å². The van der Waals surface area contributed by atoms with Crippen molar-refractivity contribution in [2.24, 2.45) is 5.73 Å². The molecule has 1 unspecified atom stereocenters. The molecule has 0 fully saturated rings. The lowest BCUT2D eigenvalue weighted by Gasteiger charge is -2.39. The van der Waals surface area contributed by atoms with Crippen LogP contribution in [0.5, 0.6) is 0 Å². The van der Waals surface area contributed by atoms with E-state index in [4.69, 9.17) is 5.73 Å². The molecule has 0 saturated heterocycles. The van der Waals surface area contributed by atoms with Gasteiger partial charge in [0.2, 0.25) is 0 Å². The monoisotopic (exact) mass is 267 g/mol. The van der Waals surface area contributed by atoms with Gasteiger partial charge < -0.3 is 16.0 Å². The van der Waals surface area contributed by atoms with Crippen molar-refractivity contribution in [1.29, 1.82) is 0 Å². The highest BCUT2D eigenvalue weighted by Gasteiger charge is 2.31. The molecule has 0 spiro atoms. The Morgan fingerprint density at radius 1 is 1.42 bits per heavy atom. The first-order valence-electron chi connectivity index (χ1n) is 6.51. The van der Waals surface area contributed by atoms with Crippen LogP contribution in [-0.4, -0.2) is 29.6 Å². The van der Waals surface area contributed by atoms with Crippen LogP contribution < -0.4 is 11.1 Å². The maximum atomic E-state index is 13.5. The number of halogens is 1. The number of rotatable bonds is 5. The highest BCUT2D eigenvalue weighted by Crippen LogP contribution is 2.20. The third-order valence-electron chi connectivity index (χ3n) is 3.53. The first-order valence-corrected chi connectivity index (χ1v) is 6.51. The zero-order valence-corrected chi connectivity index (χ0v) is 11.7. The fraction of sp³-hybridized carbons (Fsp3) is 0.500. The summed E-state index contributed by atoms with van der Waals surface area (Å²) in [5.74, 6) is -0.446. The Hall–Kier alpha value is -1.62. The van der Waals surface area contributed by atoms with Crippen LogP contribution in [0.2, 0.25) is 0 Å². The SMILES string of the molecule is CCN(C(=O)Nc1ccccc1F)C(C)(CC)CN. The number of hydrogen-bond acceptors (Lipinski definition) is 2. The number of anilines is 1. The van der Waals surface area contributed by atoms with Crippen LogP contribution in [0.1, 0.15) is 27.2 Å². The Bertz CT molecular complexity index is 432. The molecule has 0 heterocycles. The minimum atomic E-state index is -0.446. The van der Waals surface area contributed by atoms with E-state index in [-0.39, 0.29) is 11.7 Å². The predicted molar refractivity (Wildman–Crippen MR) is 75.5 cm³/mol. The Labute approximate surface area is 113 Å². The van der Waals surface area contributed by atoms with E-state index in [1.165, 1.54) is 12.1 Å². The van der Waals surface area contributed by atoms with Gasteiger partial charge in [-0.15, -0.1) is 0 Å². The summed E-state index contributed by atoms with van der Waals surface area (Å²) in [6.45, 7) is 6.66. The second-order valence-corrected chi connectivity index (χ2v) is 4.71. The molecule has 0 bridgehead atoms. The Balaban J connectivity index is 2.89. The number of benzene rings is 1. The lowest BCUT2D eigenvalue weighted by atomic mass is 9.97. The number of nitrogens with two attached hydrogens (primary N) is 1. The second-order valence-electron chi connectivity index (χ2n) is 4.71. The molecule has 1 atom stereocenters. The van der Waals surface area contributed by atoms with Crippen molar-refractivity contribution < 1.29 is 9.18 Å². The normalized spacial score (nSPS) is 13.7. The van der Waals surface area contributed by atoms with Gasteiger partial charge in [-0.3, -0.25) is 0 Å². The van der Waals surface area contributed by atoms with Crippen LogP contribution in [0.3, 0.4) is 0 Å². The number of nitrogens with one attached hydrogen (secondary N) is 1. The number of para-hydroxylation sites is 1. The standard InChI is InChI=1S/C14H22FN3O/c1-4-14(3,10-16)18(5-2)13(19)17-12-9-7-6-8-11(12)15/h6-9H,4-5,10,16H2,1-3H3,(H,17,19). The summed E-state index contributed by atoms with van der Waals surface area (Å²) in [5, 5.41) is 2.59. The summed E-state index contributed by atoms with van der Waals surface area (Å²) in [5.41, 5.74) is 5.51. The number of hydrogen-bond donors (Lipinski definition) is 2. The maximum Gasteiger partial charge on any atom is 0.322 e. The average molecular weight is 267 g/mol. The molecule has 1 aromatic rings. The number of amides is 2. The third-order valence-corrected chi connectivity index (χ3v) is 3.53. The van der Waals surface area contributed by atoms with Crippen molar-refractivity contribution in [2.75, 3.05) is 18.4 Å². The van der Waals surface area contributed by atoms with E-state index in [2.05, 4.69) is 5.32 Å². The quantitative estimate of drug-likeness (QED) is 0.861. The molecule has 2 amide bonds. The summed E-state index contributed by atoms with van der Waals surface area (Å²) in [4.78, 5) is 13.9. The summed E-state index contributed by atoms with van der Waals surface area (Å²) in [7, 11) is 0. The summed E-state index contributed by atoms with van der Waals surface area (Å²) >= 11 is 0. The fourth-order valence-electron chi connectivity index (χ4n) is 1.96. The number of urea groups is 1. The fourth-order valence-corrected chi connectivity index (χ4v) is 1.96. The van der Waals surface area contributed by atoms with E-state index in [1.807, 2.05) is 20.8 Å². The van der Waals surface area contributed by atoms with Crippen molar-refractivity contribution in [1.82, 2.24) is 4.90 Å². The van der Waals surface area contributed by atoms with Gasteiger partial charge in [0, 0.05) is 13.1 Å². The summed E-state index contributed by atoms with van der Waals surface area (Å²) in [6, 6.07) is 5.78. The van der Waals surface area contributed by atoms with E-state index in [0.29, 0.717) is 13.1 Å². The van der Waals surface area contributed by atoms with Crippen molar-refractivity contribution in [3.63, 3.8) is 0 Å². The largest absolute Gasteiger partial charge is 0.328 e. The molecular formula is C14H22FN3O. The predicted octanol–water partition coefficient (Wildman–Crippen LogP) is 2.81. The number of carbonyl (C=O) groups excluding carboxylic acids is 1. The smallest absolute Gasteiger partial charge is 0.322 e. The van der Waals surface area contributed by atoms with Crippen LogP contribution in [0.4, 0.5) is 14.9 Å². The molecule has 0 saturated carbocycles. The third kappa shape index (κ3) is 3.44. The lowest BCUT2D eigenvalue weighted by molar-refractivity contribution is 0.140. The van der Waals surface area contributed by atoms with E-state index < -0.39 is 11.4 Å². The van der Waals surface area contributed by atoms with Gasteiger partial charge >= 0.3 is 6.03 Å². The molecule has 0 aliphatic carbocycles. The first kappa shape index (κ1) is 15.4. The van der Waals surface area contributed by atoms with Gasteiger partial charge in [-0.05, 0) is 32.4 Å². The molecule has 0 radical (unpaired) electrons. The molecule has 3 N–H and O–H groups in total. The van der Waals surface area contributed by atoms with Crippen LogP contribution >= 0.6 is 0 Å². The lowest BCUT2D eigenvalue weighted by Crippen LogP contribution is -2.55. The van der Waals surface area contributed by atoms with Gasteiger partial charge in [-0.1, -0.05) is 19.1 Å². The summed E-state index contributed by atoms with van der Waals surface area (Å²) < 4.78 is 13.5. The van der Waals surface area contributed by atoms with Crippen molar-refractivity contribution >= 4 is 11.7 Å². The van der Waals surface area contributed by atoms with Gasteiger partial charge in [0.1, 0.15) is 5.82 Å². The van der Waals surface area contributed by atoms with Crippen LogP contribution in [0.15, 0.2) is 24.3 Å². The highest BCUT2D eigenvalue weighted by molar-refractivity contribution is 5.90. The number of carbonyl (C=O) groups is 1. The molecule has 1 aromatic carbocycles. The molecule has 19 heavy (non-hydrogen) atoms. The van der Waals surface area contributed by atoms with Crippen molar-refractivity contribution in [3.05, 3.63) is 30.1 Å². The summed E-state index contributed by atoms with van der Waals surface area (Å²) in [6.07, 6.45) is 0.738. The molecular weight excluding hydrogens is 245 g/mol. The van der Waals surface area contributed by atoms with Gasteiger partial charge in [0.05, 0.1) is 11.2 Å². The molecule has 4 nitrogen and oxygen atoms in total. The van der Waals surface area contributed by atoms with E-state index in [0.717, 1.165) is 6.42 Å². The first-order chi connectivity index (χ1) is 8.98. The van der Waals surface area contributed by atoms with Crippen LogP contribution in [-0.2, 0) is 0 Å². The molecule has 1 rings (SSSR count). The average Bonchev–Trinajstić information content (AvgIpc) is 2.41. The topological polar surface area (TPSA) is 58.4 Å². The van der Waals surface area contributed by atoms with Gasteiger partial charge in [-0.25, -0.2) is 9.18 Å². The van der Waals surface area contributed by atoms with Crippen LogP contribution in [0, 0.1) is 5.82 Å². The molecule has 5 heteroatoms. The maximum absolute atomic E-state index is 13.5. The molecule has 0 aliphatic rings. The molecule has 106 valence electrons. The minimum Gasteiger partial charge on any atom is -0.328 e.